The minimum absolute atomic E-state index is 0.0531. The molecule has 1 amide bonds. The predicted molar refractivity (Wildman–Crippen MR) is 82.5 cm³/mol. The molecule has 3 nitrogen and oxygen atoms in total. The van der Waals surface area contributed by atoms with Gasteiger partial charge in [-0.05, 0) is 50.8 Å². The fourth-order valence-corrected chi connectivity index (χ4v) is 3.00. The van der Waals surface area contributed by atoms with Crippen molar-refractivity contribution in [2.75, 3.05) is 5.32 Å². The van der Waals surface area contributed by atoms with E-state index in [0.717, 1.165) is 0 Å². The molecule has 1 aliphatic rings. The van der Waals surface area contributed by atoms with Crippen molar-refractivity contribution in [3.05, 3.63) is 30.1 Å². The van der Waals surface area contributed by atoms with Gasteiger partial charge in [0.1, 0.15) is 5.82 Å². The number of amides is 1. The first-order chi connectivity index (χ1) is 10.1. The molecule has 0 heterocycles. The zero-order valence-electron chi connectivity index (χ0n) is 12.8. The molecule has 21 heavy (non-hydrogen) atoms. The van der Waals surface area contributed by atoms with Crippen molar-refractivity contribution in [2.24, 2.45) is 0 Å². The molecule has 1 aromatic carbocycles. The topological polar surface area (TPSA) is 45.7 Å². The van der Waals surface area contributed by atoms with E-state index < -0.39 is 0 Å². The van der Waals surface area contributed by atoms with Crippen LogP contribution in [0.15, 0.2) is 24.3 Å². The Balaban J connectivity index is 1.83. The summed E-state index contributed by atoms with van der Waals surface area (Å²) in [6, 6.07) is 6.44. The van der Waals surface area contributed by atoms with Crippen LogP contribution in [0.2, 0.25) is 0 Å². The fraction of sp³-hybridized carbons (Fsp3) is 0.588. The molecule has 0 unspecified atom stereocenters. The minimum atomic E-state index is -0.329. The van der Waals surface area contributed by atoms with Gasteiger partial charge in [0.25, 0.3) is 5.91 Å². The predicted octanol–water partition coefficient (Wildman–Crippen LogP) is 2.83. The SMILES string of the molecule is C[C@H]([NH2+]C1CCCCCCC1)C(=O)Nc1cccc(F)c1. The molecule has 4 heteroatoms. The van der Waals surface area contributed by atoms with E-state index in [1.165, 1.54) is 57.1 Å². The maximum Gasteiger partial charge on any atom is 0.282 e. The average Bonchev–Trinajstić information content (AvgIpc) is 2.41. The van der Waals surface area contributed by atoms with Crippen molar-refractivity contribution in [1.82, 2.24) is 0 Å². The molecule has 0 radical (unpaired) electrons. The second-order valence-electron chi connectivity index (χ2n) is 6.09. The van der Waals surface area contributed by atoms with Crippen LogP contribution in [0.5, 0.6) is 0 Å². The molecule has 1 aliphatic carbocycles. The van der Waals surface area contributed by atoms with Gasteiger partial charge < -0.3 is 10.6 Å². The number of anilines is 1. The van der Waals surface area contributed by atoms with Gasteiger partial charge in [0, 0.05) is 5.69 Å². The van der Waals surface area contributed by atoms with Gasteiger partial charge >= 0.3 is 0 Å². The van der Waals surface area contributed by atoms with Crippen LogP contribution < -0.4 is 10.6 Å². The summed E-state index contributed by atoms with van der Waals surface area (Å²) in [6.45, 7) is 1.92. The molecule has 0 spiro atoms. The highest BCUT2D eigenvalue weighted by atomic mass is 19.1. The van der Waals surface area contributed by atoms with Gasteiger partial charge in [-0.15, -0.1) is 0 Å². The van der Waals surface area contributed by atoms with E-state index >= 15 is 0 Å². The standard InChI is InChI=1S/C17H25FN2O/c1-13(19-15-9-5-3-2-4-6-10-15)17(21)20-16-11-7-8-14(18)12-16/h7-8,11-13,15,19H,2-6,9-10H2,1H3,(H,20,21)/p+1/t13-/m0/s1. The lowest BCUT2D eigenvalue weighted by molar-refractivity contribution is -0.707. The van der Waals surface area contributed by atoms with Crippen molar-refractivity contribution in [2.45, 2.75) is 64.0 Å². The highest BCUT2D eigenvalue weighted by Gasteiger charge is 2.22. The quantitative estimate of drug-likeness (QED) is 0.881. The molecular formula is C17H26FN2O+. The molecule has 3 N–H and O–H groups in total. The zero-order chi connectivity index (χ0) is 15.1. The summed E-state index contributed by atoms with van der Waals surface area (Å²) in [5, 5.41) is 4.97. The average molecular weight is 293 g/mol. The molecule has 0 saturated heterocycles. The Morgan fingerprint density at radius 3 is 2.57 bits per heavy atom. The number of nitrogens with two attached hydrogens (primary N) is 1. The molecule has 1 atom stereocenters. The van der Waals surface area contributed by atoms with Gasteiger partial charge in [-0.3, -0.25) is 4.79 Å². The number of carbonyl (C=O) groups excluding carboxylic acids is 1. The van der Waals surface area contributed by atoms with Crippen molar-refractivity contribution >= 4 is 11.6 Å². The number of benzene rings is 1. The summed E-state index contributed by atoms with van der Waals surface area (Å²) in [7, 11) is 0. The monoisotopic (exact) mass is 293 g/mol. The third-order valence-corrected chi connectivity index (χ3v) is 4.22. The van der Waals surface area contributed by atoms with Crippen molar-refractivity contribution in [3.8, 4) is 0 Å². The Bertz CT molecular complexity index is 456. The van der Waals surface area contributed by atoms with Gasteiger partial charge in [0.15, 0.2) is 6.04 Å². The Morgan fingerprint density at radius 1 is 1.24 bits per heavy atom. The first kappa shape index (κ1) is 16.0. The van der Waals surface area contributed by atoms with E-state index in [9.17, 15) is 9.18 Å². The molecule has 1 fully saturated rings. The minimum Gasteiger partial charge on any atom is -0.334 e. The number of nitrogens with one attached hydrogen (secondary N) is 1. The normalized spacial score (nSPS) is 18.6. The number of hydrogen-bond donors (Lipinski definition) is 2. The van der Waals surface area contributed by atoms with Crippen LogP contribution in [0.25, 0.3) is 0 Å². The number of quaternary nitrogens is 1. The third-order valence-electron chi connectivity index (χ3n) is 4.22. The molecular weight excluding hydrogens is 267 g/mol. The third kappa shape index (κ3) is 5.46. The Hall–Kier alpha value is -1.42. The van der Waals surface area contributed by atoms with Gasteiger partial charge in [-0.25, -0.2) is 4.39 Å². The largest absolute Gasteiger partial charge is 0.334 e. The Morgan fingerprint density at radius 2 is 1.90 bits per heavy atom. The second-order valence-corrected chi connectivity index (χ2v) is 6.09. The molecule has 0 aliphatic heterocycles. The summed E-state index contributed by atoms with van der Waals surface area (Å²) in [4.78, 5) is 12.2. The van der Waals surface area contributed by atoms with E-state index in [1.807, 2.05) is 6.92 Å². The zero-order valence-corrected chi connectivity index (χ0v) is 12.8. The van der Waals surface area contributed by atoms with Crippen LogP contribution in [0.3, 0.4) is 0 Å². The second kappa shape index (κ2) is 8.13. The molecule has 1 saturated carbocycles. The number of carbonyl (C=O) groups is 1. The summed E-state index contributed by atoms with van der Waals surface area (Å²) in [6.07, 6.45) is 8.89. The van der Waals surface area contributed by atoms with E-state index in [2.05, 4.69) is 10.6 Å². The fourth-order valence-electron chi connectivity index (χ4n) is 3.00. The highest BCUT2D eigenvalue weighted by molar-refractivity contribution is 5.93. The summed E-state index contributed by atoms with van der Waals surface area (Å²) >= 11 is 0. The van der Waals surface area contributed by atoms with Crippen molar-refractivity contribution < 1.29 is 14.5 Å². The van der Waals surface area contributed by atoms with Gasteiger partial charge in [-0.2, -0.15) is 0 Å². The lowest BCUT2D eigenvalue weighted by atomic mass is 9.96. The van der Waals surface area contributed by atoms with Gasteiger partial charge in [-0.1, -0.05) is 25.3 Å². The van der Waals surface area contributed by atoms with Crippen LogP contribution in [0.1, 0.15) is 51.9 Å². The molecule has 0 bridgehead atoms. The van der Waals surface area contributed by atoms with Gasteiger partial charge in [0.2, 0.25) is 0 Å². The van der Waals surface area contributed by atoms with Crippen LogP contribution in [-0.4, -0.2) is 18.0 Å². The number of hydrogen-bond acceptors (Lipinski definition) is 1. The molecule has 2 rings (SSSR count). The van der Waals surface area contributed by atoms with E-state index in [4.69, 9.17) is 0 Å². The highest BCUT2D eigenvalue weighted by Crippen LogP contribution is 2.15. The first-order valence-corrected chi connectivity index (χ1v) is 8.06. The maximum absolute atomic E-state index is 13.1. The van der Waals surface area contributed by atoms with Crippen LogP contribution in [0.4, 0.5) is 10.1 Å². The Labute approximate surface area is 126 Å². The number of halogens is 1. The molecule has 116 valence electrons. The van der Waals surface area contributed by atoms with Crippen LogP contribution in [0, 0.1) is 5.82 Å². The summed E-state index contributed by atoms with van der Waals surface area (Å²) < 4.78 is 13.1. The Kier molecular flexibility index (Phi) is 6.18. The van der Waals surface area contributed by atoms with E-state index in [-0.39, 0.29) is 17.8 Å². The summed E-state index contributed by atoms with van der Waals surface area (Å²) in [5.74, 6) is -0.382. The lowest BCUT2D eigenvalue weighted by Gasteiger charge is -2.21. The van der Waals surface area contributed by atoms with Gasteiger partial charge in [0.05, 0.1) is 6.04 Å². The van der Waals surface area contributed by atoms with Crippen LogP contribution in [-0.2, 0) is 4.79 Å². The molecule has 0 aromatic heterocycles. The lowest BCUT2D eigenvalue weighted by Crippen LogP contribution is -2.96. The summed E-state index contributed by atoms with van der Waals surface area (Å²) in [5.41, 5.74) is 0.526. The smallest absolute Gasteiger partial charge is 0.282 e. The van der Waals surface area contributed by atoms with Crippen molar-refractivity contribution in [3.63, 3.8) is 0 Å². The molecule has 1 aromatic rings. The van der Waals surface area contributed by atoms with E-state index in [1.54, 1.807) is 12.1 Å². The van der Waals surface area contributed by atoms with Crippen molar-refractivity contribution in [1.29, 1.82) is 0 Å². The first-order valence-electron chi connectivity index (χ1n) is 8.06. The van der Waals surface area contributed by atoms with E-state index in [0.29, 0.717) is 11.7 Å². The van der Waals surface area contributed by atoms with Crippen LogP contribution >= 0.6 is 0 Å². The maximum atomic E-state index is 13.1. The number of rotatable bonds is 4.